The Balaban J connectivity index is 1.67. The molecule has 0 saturated carbocycles. The quantitative estimate of drug-likeness (QED) is 0.730. The fourth-order valence-electron chi connectivity index (χ4n) is 3.00. The van der Waals surface area contributed by atoms with Crippen LogP contribution in [0, 0.1) is 5.82 Å². The molecule has 2 aliphatic heterocycles. The van der Waals surface area contributed by atoms with Gasteiger partial charge < -0.3 is 4.90 Å². The van der Waals surface area contributed by atoms with E-state index < -0.39 is 0 Å². The number of amides is 1. The van der Waals surface area contributed by atoms with E-state index in [1.807, 2.05) is 4.90 Å². The average Bonchev–Trinajstić information content (AvgIpc) is 3.11. The van der Waals surface area contributed by atoms with E-state index in [0.717, 1.165) is 5.56 Å². The maximum Gasteiger partial charge on any atom is 0.257 e. The zero-order chi connectivity index (χ0) is 16.8. The lowest BCUT2D eigenvalue weighted by molar-refractivity contribution is -0.119. The van der Waals surface area contributed by atoms with Crippen LogP contribution in [-0.4, -0.2) is 27.7 Å². The van der Waals surface area contributed by atoms with Crippen molar-refractivity contribution in [1.29, 1.82) is 0 Å². The number of anilines is 1. The third-order valence-corrected chi connectivity index (χ3v) is 6.13. The van der Waals surface area contributed by atoms with Gasteiger partial charge >= 0.3 is 0 Å². The highest BCUT2D eigenvalue weighted by Gasteiger charge is 2.50. The summed E-state index contributed by atoms with van der Waals surface area (Å²) in [5, 5.41) is 1.01. The van der Waals surface area contributed by atoms with Crippen LogP contribution in [-0.2, 0) is 4.79 Å². The van der Waals surface area contributed by atoms with Crippen LogP contribution in [0.4, 0.5) is 10.1 Å². The van der Waals surface area contributed by atoms with Crippen LogP contribution >= 0.6 is 35.6 Å². The van der Waals surface area contributed by atoms with Gasteiger partial charge in [-0.1, -0.05) is 23.7 Å². The number of thioether (sulfide) groups is 1. The Kier molecular flexibility index (Phi) is 3.98. The summed E-state index contributed by atoms with van der Waals surface area (Å²) >= 11 is 13.2. The predicted molar refractivity (Wildman–Crippen MR) is 98.8 cm³/mol. The van der Waals surface area contributed by atoms with Crippen LogP contribution in [0.3, 0.4) is 0 Å². The van der Waals surface area contributed by atoms with Gasteiger partial charge in [-0.05, 0) is 54.2 Å². The minimum atomic E-state index is -0.284. The maximum atomic E-state index is 13.2. The number of carbonyl (C=O) groups is 1. The minimum Gasteiger partial charge on any atom is -0.319 e. The molecule has 2 heterocycles. The smallest absolute Gasteiger partial charge is 0.257 e. The zero-order valence-corrected chi connectivity index (χ0v) is 14.7. The van der Waals surface area contributed by atoms with Crippen LogP contribution in [0.1, 0.15) is 10.9 Å². The molecule has 0 aliphatic carbocycles. The molecule has 0 N–H and O–H groups in total. The van der Waals surface area contributed by atoms with E-state index in [0.29, 0.717) is 21.6 Å². The second-order valence-electron chi connectivity index (χ2n) is 5.59. The topological polar surface area (TPSA) is 23.6 Å². The van der Waals surface area contributed by atoms with Crippen LogP contribution in [0.5, 0.6) is 0 Å². The third-order valence-electron chi connectivity index (χ3n) is 4.16. The number of hydrogen-bond acceptors (Lipinski definition) is 3. The van der Waals surface area contributed by atoms with E-state index >= 15 is 0 Å². The first-order valence-corrected chi connectivity index (χ1v) is 9.18. The summed E-state index contributed by atoms with van der Waals surface area (Å²) < 4.78 is 13.2. The standard InChI is InChI=1S/C17H12ClFN2OS2/c18-11-3-7-13(8-4-11)20-15(22)14-9-24-16(21(14)17(20)23)10-1-5-12(19)6-2-10/h1-8,14,16H,9H2/t14-,16-/m1/s1. The fraction of sp³-hybridized carbons (Fsp3) is 0.176. The van der Waals surface area contributed by atoms with Gasteiger partial charge in [0.25, 0.3) is 5.91 Å². The molecule has 2 atom stereocenters. The Bertz CT molecular complexity index is 812. The van der Waals surface area contributed by atoms with Gasteiger partial charge in [0.05, 0.1) is 5.69 Å². The molecule has 122 valence electrons. The molecule has 2 saturated heterocycles. The molecule has 0 spiro atoms. The van der Waals surface area contributed by atoms with Gasteiger partial charge in [0.1, 0.15) is 17.2 Å². The Morgan fingerprint density at radius 2 is 1.79 bits per heavy atom. The lowest BCUT2D eigenvalue weighted by Gasteiger charge is -2.25. The van der Waals surface area contributed by atoms with Gasteiger partial charge in [-0.15, -0.1) is 11.8 Å². The van der Waals surface area contributed by atoms with Crippen molar-refractivity contribution in [3.8, 4) is 0 Å². The molecule has 1 amide bonds. The minimum absolute atomic E-state index is 0.0283. The van der Waals surface area contributed by atoms with Gasteiger partial charge in [-0.3, -0.25) is 9.69 Å². The number of thiocarbonyl (C=S) groups is 1. The Labute approximate surface area is 153 Å². The first-order valence-electron chi connectivity index (χ1n) is 7.35. The largest absolute Gasteiger partial charge is 0.319 e. The number of rotatable bonds is 2. The summed E-state index contributed by atoms with van der Waals surface area (Å²) in [5.74, 6) is 0.353. The molecule has 0 aromatic heterocycles. The van der Waals surface area contributed by atoms with Crippen molar-refractivity contribution in [2.45, 2.75) is 11.4 Å². The van der Waals surface area contributed by atoms with Crippen LogP contribution in [0.15, 0.2) is 48.5 Å². The van der Waals surface area contributed by atoms with E-state index in [1.165, 1.54) is 12.1 Å². The van der Waals surface area contributed by atoms with Gasteiger partial charge in [0.2, 0.25) is 0 Å². The molecule has 0 bridgehead atoms. The highest BCUT2D eigenvalue weighted by Crippen LogP contribution is 2.46. The summed E-state index contributed by atoms with van der Waals surface area (Å²) in [6.07, 6.45) is 0. The van der Waals surface area contributed by atoms with Crippen molar-refractivity contribution in [3.05, 3.63) is 64.9 Å². The first-order chi connectivity index (χ1) is 11.6. The molecule has 0 radical (unpaired) electrons. The molecule has 2 aromatic rings. The summed E-state index contributed by atoms with van der Waals surface area (Å²) in [6, 6.07) is 13.1. The second kappa shape index (κ2) is 6.02. The van der Waals surface area contributed by atoms with Crippen molar-refractivity contribution < 1.29 is 9.18 Å². The van der Waals surface area contributed by atoms with Crippen LogP contribution < -0.4 is 4.90 Å². The Hall–Kier alpha value is -1.63. The number of fused-ring (bicyclic) bond motifs is 1. The second-order valence-corrected chi connectivity index (χ2v) is 7.51. The normalized spacial score (nSPS) is 23.1. The van der Waals surface area contributed by atoms with Crippen molar-refractivity contribution in [1.82, 2.24) is 4.90 Å². The van der Waals surface area contributed by atoms with Crippen molar-refractivity contribution in [3.63, 3.8) is 0 Å². The third kappa shape index (κ3) is 2.49. The van der Waals surface area contributed by atoms with E-state index in [1.54, 1.807) is 53.1 Å². The molecule has 0 unspecified atom stereocenters. The van der Waals surface area contributed by atoms with Crippen molar-refractivity contribution in [2.75, 3.05) is 10.7 Å². The molecule has 2 aliphatic rings. The van der Waals surface area contributed by atoms with Gasteiger partial charge in [-0.2, -0.15) is 0 Å². The fourth-order valence-corrected chi connectivity index (χ4v) is 5.05. The summed E-state index contributed by atoms with van der Waals surface area (Å²) in [5.41, 5.74) is 1.66. The molecule has 4 rings (SSSR count). The van der Waals surface area contributed by atoms with E-state index in [9.17, 15) is 9.18 Å². The van der Waals surface area contributed by atoms with E-state index in [2.05, 4.69) is 0 Å². The summed E-state index contributed by atoms with van der Waals surface area (Å²) in [6.45, 7) is 0. The molecule has 24 heavy (non-hydrogen) atoms. The highest BCUT2D eigenvalue weighted by atomic mass is 35.5. The van der Waals surface area contributed by atoms with Gasteiger partial charge in [0.15, 0.2) is 5.11 Å². The molecule has 3 nitrogen and oxygen atoms in total. The van der Waals surface area contributed by atoms with Crippen molar-refractivity contribution in [2.24, 2.45) is 0 Å². The van der Waals surface area contributed by atoms with Gasteiger partial charge in [0, 0.05) is 10.8 Å². The lowest BCUT2D eigenvalue weighted by Crippen LogP contribution is -2.33. The zero-order valence-electron chi connectivity index (χ0n) is 12.4. The molecular formula is C17H12ClFN2OS2. The predicted octanol–water partition coefficient (Wildman–Crippen LogP) is 4.23. The van der Waals surface area contributed by atoms with Crippen LogP contribution in [0.2, 0.25) is 5.02 Å². The van der Waals surface area contributed by atoms with E-state index in [-0.39, 0.29) is 23.1 Å². The van der Waals surface area contributed by atoms with E-state index in [4.69, 9.17) is 23.8 Å². The summed E-state index contributed by atoms with van der Waals surface area (Å²) in [7, 11) is 0. The summed E-state index contributed by atoms with van der Waals surface area (Å²) in [4.78, 5) is 16.3. The maximum absolute atomic E-state index is 13.2. The molecule has 2 aromatic carbocycles. The SMILES string of the molecule is O=C1[C@H]2CS[C@H](c3ccc(F)cc3)N2C(=S)N1c1ccc(Cl)cc1. The first kappa shape index (κ1) is 15.9. The average molecular weight is 379 g/mol. The Morgan fingerprint density at radius 3 is 2.46 bits per heavy atom. The Morgan fingerprint density at radius 1 is 1.12 bits per heavy atom. The number of hydrogen-bond donors (Lipinski definition) is 0. The van der Waals surface area contributed by atoms with Crippen molar-refractivity contribution >= 4 is 52.3 Å². The number of nitrogens with zero attached hydrogens (tertiary/aromatic N) is 2. The molecule has 7 heteroatoms. The molecule has 2 fully saturated rings. The number of halogens is 2. The number of carbonyl (C=O) groups excluding carboxylic acids is 1. The number of benzene rings is 2. The monoisotopic (exact) mass is 378 g/mol. The van der Waals surface area contributed by atoms with Gasteiger partial charge in [-0.25, -0.2) is 4.39 Å². The lowest BCUT2D eigenvalue weighted by atomic mass is 10.2. The molecular weight excluding hydrogens is 367 g/mol. The highest BCUT2D eigenvalue weighted by molar-refractivity contribution is 7.99. The van der Waals surface area contributed by atoms with Crippen LogP contribution in [0.25, 0.3) is 0 Å².